The Morgan fingerprint density at radius 2 is 1.95 bits per heavy atom. The molecular formula is C14H9F3N2O. The molecule has 0 N–H and O–H groups in total. The SMILES string of the molecule is Cc1ncccc1Oc1cc(C(F)(F)F)ccc1C#N. The van der Waals surface area contributed by atoms with Gasteiger partial charge in [-0.25, -0.2) is 0 Å². The third kappa shape index (κ3) is 2.88. The maximum Gasteiger partial charge on any atom is 0.416 e. The lowest BCUT2D eigenvalue weighted by molar-refractivity contribution is -0.137. The maximum absolute atomic E-state index is 12.7. The summed E-state index contributed by atoms with van der Waals surface area (Å²) in [5.74, 6) is 0.168. The van der Waals surface area contributed by atoms with Crippen LogP contribution in [0.2, 0.25) is 0 Å². The summed E-state index contributed by atoms with van der Waals surface area (Å²) in [5.41, 5.74) is -0.317. The van der Waals surface area contributed by atoms with Crippen LogP contribution in [-0.4, -0.2) is 4.98 Å². The summed E-state index contributed by atoms with van der Waals surface area (Å²) in [6.07, 6.45) is -2.95. The van der Waals surface area contributed by atoms with Crippen molar-refractivity contribution >= 4 is 0 Å². The number of pyridine rings is 1. The lowest BCUT2D eigenvalue weighted by atomic mass is 10.1. The molecule has 0 atom stereocenters. The number of alkyl halides is 3. The molecule has 102 valence electrons. The second kappa shape index (κ2) is 5.21. The molecule has 0 saturated carbocycles. The van der Waals surface area contributed by atoms with Crippen molar-refractivity contribution in [1.29, 1.82) is 5.26 Å². The highest BCUT2D eigenvalue weighted by Crippen LogP contribution is 2.34. The van der Waals surface area contributed by atoms with Gasteiger partial charge in [0.05, 0.1) is 16.8 Å². The summed E-state index contributed by atoms with van der Waals surface area (Å²) >= 11 is 0. The van der Waals surface area contributed by atoms with Gasteiger partial charge in [-0.2, -0.15) is 18.4 Å². The minimum atomic E-state index is -4.49. The molecule has 0 radical (unpaired) electrons. The molecule has 3 nitrogen and oxygen atoms in total. The molecule has 2 aromatic rings. The van der Waals surface area contributed by atoms with Crippen molar-refractivity contribution in [3.63, 3.8) is 0 Å². The Kier molecular flexibility index (Phi) is 3.61. The summed E-state index contributed by atoms with van der Waals surface area (Å²) < 4.78 is 43.4. The fourth-order valence-corrected chi connectivity index (χ4v) is 1.57. The van der Waals surface area contributed by atoms with Crippen LogP contribution in [-0.2, 0) is 6.18 Å². The van der Waals surface area contributed by atoms with Gasteiger partial charge in [0.15, 0.2) is 0 Å². The Balaban J connectivity index is 2.45. The predicted octanol–water partition coefficient (Wildman–Crippen LogP) is 4.07. The van der Waals surface area contributed by atoms with E-state index in [9.17, 15) is 13.2 Å². The first-order chi connectivity index (χ1) is 9.41. The molecule has 0 aliphatic rings. The van der Waals surface area contributed by atoms with Crippen LogP contribution in [0.5, 0.6) is 11.5 Å². The molecule has 0 spiro atoms. The van der Waals surface area contributed by atoms with Crippen LogP contribution in [0.3, 0.4) is 0 Å². The number of halogens is 3. The molecule has 20 heavy (non-hydrogen) atoms. The summed E-state index contributed by atoms with van der Waals surface area (Å²) in [7, 11) is 0. The van der Waals surface area contributed by atoms with E-state index in [4.69, 9.17) is 10.00 Å². The quantitative estimate of drug-likeness (QED) is 0.831. The van der Waals surface area contributed by atoms with Gasteiger partial charge in [-0.05, 0) is 37.3 Å². The maximum atomic E-state index is 12.7. The number of aromatic nitrogens is 1. The number of aryl methyl sites for hydroxylation is 1. The number of rotatable bonds is 2. The van der Waals surface area contributed by atoms with E-state index in [1.807, 2.05) is 0 Å². The number of hydrogen-bond donors (Lipinski definition) is 0. The Labute approximate surface area is 113 Å². The predicted molar refractivity (Wildman–Crippen MR) is 65.2 cm³/mol. The third-order valence-corrected chi connectivity index (χ3v) is 2.61. The first-order valence-electron chi connectivity index (χ1n) is 5.62. The molecule has 6 heteroatoms. The van der Waals surface area contributed by atoms with Crippen molar-refractivity contribution in [2.45, 2.75) is 13.1 Å². The molecule has 0 amide bonds. The first-order valence-corrected chi connectivity index (χ1v) is 5.62. The van der Waals surface area contributed by atoms with Gasteiger partial charge in [-0.3, -0.25) is 4.98 Å². The van der Waals surface area contributed by atoms with E-state index >= 15 is 0 Å². The van der Waals surface area contributed by atoms with Gasteiger partial charge < -0.3 is 4.74 Å². The van der Waals surface area contributed by atoms with E-state index in [0.717, 1.165) is 18.2 Å². The van der Waals surface area contributed by atoms with Crippen LogP contribution in [0.25, 0.3) is 0 Å². The van der Waals surface area contributed by atoms with Crippen molar-refractivity contribution in [2.24, 2.45) is 0 Å². The largest absolute Gasteiger partial charge is 0.454 e. The Hall–Kier alpha value is -2.55. The number of nitriles is 1. The van der Waals surface area contributed by atoms with Crippen LogP contribution in [0, 0.1) is 18.3 Å². The van der Waals surface area contributed by atoms with Crippen LogP contribution < -0.4 is 4.74 Å². The zero-order chi connectivity index (χ0) is 14.8. The zero-order valence-electron chi connectivity index (χ0n) is 10.4. The van der Waals surface area contributed by atoms with Gasteiger partial charge in [0.25, 0.3) is 0 Å². The lowest BCUT2D eigenvalue weighted by Crippen LogP contribution is -2.05. The fourth-order valence-electron chi connectivity index (χ4n) is 1.57. The van der Waals surface area contributed by atoms with Gasteiger partial charge >= 0.3 is 6.18 Å². The Morgan fingerprint density at radius 3 is 2.55 bits per heavy atom. The van der Waals surface area contributed by atoms with E-state index in [1.165, 1.54) is 0 Å². The number of benzene rings is 1. The molecule has 0 aliphatic carbocycles. The second-order valence-electron chi connectivity index (χ2n) is 4.01. The molecular weight excluding hydrogens is 269 g/mol. The fraction of sp³-hybridized carbons (Fsp3) is 0.143. The van der Waals surface area contributed by atoms with Crippen LogP contribution in [0.1, 0.15) is 16.8 Å². The monoisotopic (exact) mass is 278 g/mol. The van der Waals surface area contributed by atoms with Gasteiger partial charge in [-0.15, -0.1) is 0 Å². The van der Waals surface area contributed by atoms with E-state index in [1.54, 1.807) is 31.3 Å². The standard InChI is InChI=1S/C14H9F3N2O/c1-9-12(3-2-6-19-9)20-13-7-11(14(15,16)17)5-4-10(13)8-18/h2-7H,1H3. The van der Waals surface area contributed by atoms with Crippen LogP contribution >= 0.6 is 0 Å². The highest BCUT2D eigenvalue weighted by molar-refractivity contribution is 5.48. The molecule has 1 heterocycles. The summed E-state index contributed by atoms with van der Waals surface area (Å²) in [6, 6.07) is 7.72. The smallest absolute Gasteiger partial charge is 0.416 e. The third-order valence-electron chi connectivity index (χ3n) is 2.61. The average Bonchev–Trinajstić information content (AvgIpc) is 2.40. The van der Waals surface area contributed by atoms with Crippen molar-refractivity contribution in [3.8, 4) is 17.6 Å². The number of hydrogen-bond acceptors (Lipinski definition) is 3. The average molecular weight is 278 g/mol. The minimum absolute atomic E-state index is 0.0289. The number of ether oxygens (including phenoxy) is 1. The molecule has 0 bridgehead atoms. The normalized spacial score (nSPS) is 10.9. The van der Waals surface area contributed by atoms with Crippen LogP contribution in [0.15, 0.2) is 36.5 Å². The highest BCUT2D eigenvalue weighted by atomic mass is 19.4. The molecule has 0 saturated heterocycles. The Bertz CT molecular complexity index is 675. The van der Waals surface area contributed by atoms with E-state index in [0.29, 0.717) is 11.4 Å². The topological polar surface area (TPSA) is 45.9 Å². The lowest BCUT2D eigenvalue weighted by Gasteiger charge is -2.12. The minimum Gasteiger partial charge on any atom is -0.454 e. The summed E-state index contributed by atoms with van der Waals surface area (Å²) in [5, 5.41) is 8.93. The first kappa shape index (κ1) is 13.9. The summed E-state index contributed by atoms with van der Waals surface area (Å²) in [4.78, 5) is 3.97. The van der Waals surface area contributed by atoms with Gasteiger partial charge in [0.1, 0.15) is 17.6 Å². The number of nitrogens with zero attached hydrogens (tertiary/aromatic N) is 2. The molecule has 1 aromatic carbocycles. The second-order valence-corrected chi connectivity index (χ2v) is 4.01. The van der Waals surface area contributed by atoms with Crippen molar-refractivity contribution in [1.82, 2.24) is 4.98 Å². The Morgan fingerprint density at radius 1 is 1.20 bits per heavy atom. The molecule has 1 aromatic heterocycles. The molecule has 0 aliphatic heterocycles. The molecule has 0 fully saturated rings. The van der Waals surface area contributed by atoms with E-state index < -0.39 is 11.7 Å². The zero-order valence-corrected chi connectivity index (χ0v) is 10.4. The van der Waals surface area contributed by atoms with Crippen molar-refractivity contribution < 1.29 is 17.9 Å². The molecule has 0 unspecified atom stereocenters. The van der Waals surface area contributed by atoms with E-state index in [-0.39, 0.29) is 11.3 Å². The van der Waals surface area contributed by atoms with Crippen molar-refractivity contribution in [2.75, 3.05) is 0 Å². The van der Waals surface area contributed by atoms with Crippen LogP contribution in [0.4, 0.5) is 13.2 Å². The molecule has 2 rings (SSSR count). The van der Waals surface area contributed by atoms with Gasteiger partial charge in [0, 0.05) is 6.20 Å². The van der Waals surface area contributed by atoms with Gasteiger partial charge in [-0.1, -0.05) is 0 Å². The van der Waals surface area contributed by atoms with Crippen molar-refractivity contribution in [3.05, 3.63) is 53.3 Å². The highest BCUT2D eigenvalue weighted by Gasteiger charge is 2.31. The van der Waals surface area contributed by atoms with E-state index in [2.05, 4.69) is 4.98 Å². The van der Waals surface area contributed by atoms with Gasteiger partial charge in [0.2, 0.25) is 0 Å². The summed E-state index contributed by atoms with van der Waals surface area (Å²) in [6.45, 7) is 1.66.